The number of rotatable bonds is 8. The predicted molar refractivity (Wildman–Crippen MR) is 141 cm³/mol. The van der Waals surface area contributed by atoms with Gasteiger partial charge in [0.15, 0.2) is 0 Å². The van der Waals surface area contributed by atoms with Gasteiger partial charge in [-0.05, 0) is 85.1 Å². The molecule has 3 heterocycles. The van der Waals surface area contributed by atoms with E-state index in [2.05, 4.69) is 58.1 Å². The van der Waals surface area contributed by atoms with Gasteiger partial charge in [-0.2, -0.15) is 11.3 Å². The number of likely N-dealkylation sites (N-methyl/N-ethyl adjacent to an activating group) is 1. The number of nitrogens with one attached hydrogen (secondary N) is 3. The first kappa shape index (κ1) is 24.0. The summed E-state index contributed by atoms with van der Waals surface area (Å²) in [5.41, 5.74) is 8.85. The number of thiophene rings is 1. The van der Waals surface area contributed by atoms with E-state index in [9.17, 15) is 9.59 Å². The van der Waals surface area contributed by atoms with Crippen LogP contribution in [0.4, 0.5) is 5.69 Å². The average Bonchev–Trinajstić information content (AvgIpc) is 3.46. The van der Waals surface area contributed by atoms with Crippen molar-refractivity contribution in [3.05, 3.63) is 62.6 Å². The maximum absolute atomic E-state index is 12.9. The predicted octanol–water partition coefficient (Wildman–Crippen LogP) is 5.23. The van der Waals surface area contributed by atoms with E-state index in [1.807, 2.05) is 32.1 Å². The number of carbonyl (C=O) groups is 2. The molecule has 0 radical (unpaired) electrons. The number of fused-ring (bicyclic) bond motifs is 1. The molecule has 3 aromatic rings. The molecule has 0 saturated heterocycles. The van der Waals surface area contributed by atoms with Crippen molar-refractivity contribution >= 4 is 40.5 Å². The lowest BCUT2D eigenvalue weighted by atomic mass is 9.98. The SMILES string of the molecule is CCN(CC)CCNC(=O)c1c(C)[nH]c(/C=C2\C(=O)Nc3ccc(-c4cscc4C)cc32)c1C. The van der Waals surface area contributed by atoms with Crippen LogP contribution in [0.25, 0.3) is 22.8 Å². The van der Waals surface area contributed by atoms with Crippen LogP contribution in [0.5, 0.6) is 0 Å². The minimum absolute atomic E-state index is 0.0884. The van der Waals surface area contributed by atoms with Gasteiger partial charge in [-0.3, -0.25) is 9.59 Å². The smallest absolute Gasteiger partial charge is 0.256 e. The van der Waals surface area contributed by atoms with E-state index >= 15 is 0 Å². The van der Waals surface area contributed by atoms with Crippen molar-refractivity contribution in [3.63, 3.8) is 0 Å². The summed E-state index contributed by atoms with van der Waals surface area (Å²) >= 11 is 1.67. The van der Waals surface area contributed by atoms with Crippen LogP contribution in [0.3, 0.4) is 0 Å². The van der Waals surface area contributed by atoms with Gasteiger partial charge in [0.2, 0.25) is 0 Å². The summed E-state index contributed by atoms with van der Waals surface area (Å²) in [4.78, 5) is 31.3. The van der Waals surface area contributed by atoms with E-state index in [4.69, 9.17) is 0 Å². The first-order valence-corrected chi connectivity index (χ1v) is 12.7. The molecule has 178 valence electrons. The van der Waals surface area contributed by atoms with E-state index in [-0.39, 0.29) is 11.8 Å². The lowest BCUT2D eigenvalue weighted by Crippen LogP contribution is -2.35. The summed E-state index contributed by atoms with van der Waals surface area (Å²) in [6, 6.07) is 6.07. The standard InChI is InChI=1S/C27H32N4O2S/c1-6-31(7-2)11-10-28-27(33)25-17(4)24(29-18(25)5)13-21-20-12-19(22-15-34-14-16(22)3)8-9-23(20)30-26(21)32/h8-9,12-15,29H,6-7,10-11H2,1-5H3,(H,28,33)(H,30,32)/b21-13-. The fourth-order valence-corrected chi connectivity index (χ4v) is 5.37. The molecule has 0 atom stereocenters. The zero-order valence-corrected chi connectivity index (χ0v) is 21.3. The van der Waals surface area contributed by atoms with Crippen LogP contribution in [-0.4, -0.2) is 47.9 Å². The molecule has 1 aliphatic heterocycles. The fraction of sp³-hybridized carbons (Fsp3) is 0.333. The Morgan fingerprint density at radius 2 is 1.88 bits per heavy atom. The lowest BCUT2D eigenvalue weighted by molar-refractivity contribution is -0.110. The van der Waals surface area contributed by atoms with Crippen LogP contribution < -0.4 is 10.6 Å². The second-order valence-electron chi connectivity index (χ2n) is 8.69. The maximum Gasteiger partial charge on any atom is 0.256 e. The van der Waals surface area contributed by atoms with Crippen LogP contribution in [-0.2, 0) is 4.79 Å². The van der Waals surface area contributed by atoms with E-state index in [0.717, 1.165) is 53.4 Å². The molecule has 1 aromatic carbocycles. The second-order valence-corrected chi connectivity index (χ2v) is 9.43. The molecule has 34 heavy (non-hydrogen) atoms. The van der Waals surface area contributed by atoms with Gasteiger partial charge in [0.05, 0.1) is 11.1 Å². The molecule has 4 rings (SSSR count). The molecule has 2 amide bonds. The third-order valence-corrected chi connectivity index (χ3v) is 7.43. The van der Waals surface area contributed by atoms with E-state index in [0.29, 0.717) is 17.7 Å². The molecule has 0 aliphatic carbocycles. The third kappa shape index (κ3) is 4.58. The zero-order valence-electron chi connectivity index (χ0n) is 20.5. The van der Waals surface area contributed by atoms with Crippen LogP contribution in [0.2, 0.25) is 0 Å². The largest absolute Gasteiger partial charge is 0.358 e. The number of anilines is 1. The number of hydrogen-bond donors (Lipinski definition) is 3. The average molecular weight is 477 g/mol. The number of aryl methyl sites for hydroxylation is 2. The molecular weight excluding hydrogens is 444 g/mol. The third-order valence-electron chi connectivity index (χ3n) is 6.57. The monoisotopic (exact) mass is 476 g/mol. The van der Waals surface area contributed by atoms with Gasteiger partial charge in [0, 0.05) is 35.7 Å². The topological polar surface area (TPSA) is 77.2 Å². The van der Waals surface area contributed by atoms with E-state index in [1.54, 1.807) is 11.3 Å². The van der Waals surface area contributed by atoms with Crippen molar-refractivity contribution in [2.24, 2.45) is 0 Å². The summed E-state index contributed by atoms with van der Waals surface area (Å²) < 4.78 is 0. The van der Waals surface area contributed by atoms with E-state index in [1.165, 1.54) is 11.1 Å². The van der Waals surface area contributed by atoms with Gasteiger partial charge in [-0.1, -0.05) is 19.9 Å². The highest BCUT2D eigenvalue weighted by Crippen LogP contribution is 2.38. The number of benzene rings is 1. The number of aromatic amines is 1. The Labute approximate surface area is 205 Å². The van der Waals surface area contributed by atoms with E-state index < -0.39 is 0 Å². The number of aromatic nitrogens is 1. The minimum atomic E-state index is -0.133. The normalized spacial score (nSPS) is 14.1. The van der Waals surface area contributed by atoms with Crippen LogP contribution >= 0.6 is 11.3 Å². The van der Waals surface area contributed by atoms with Crippen molar-refractivity contribution in [2.75, 3.05) is 31.5 Å². The number of H-pyrrole nitrogens is 1. The molecule has 3 N–H and O–H groups in total. The van der Waals surface area contributed by atoms with Crippen molar-refractivity contribution in [3.8, 4) is 11.1 Å². The first-order chi connectivity index (χ1) is 16.3. The molecule has 0 saturated carbocycles. The van der Waals surface area contributed by atoms with Gasteiger partial charge < -0.3 is 20.5 Å². The minimum Gasteiger partial charge on any atom is -0.358 e. The summed E-state index contributed by atoms with van der Waals surface area (Å²) in [5.74, 6) is -0.222. The Morgan fingerprint density at radius 1 is 1.12 bits per heavy atom. The Hall–Kier alpha value is -3.16. The van der Waals surface area contributed by atoms with Crippen molar-refractivity contribution < 1.29 is 9.59 Å². The number of hydrogen-bond acceptors (Lipinski definition) is 4. The quantitative estimate of drug-likeness (QED) is 0.390. The van der Waals surface area contributed by atoms with Crippen molar-refractivity contribution in [2.45, 2.75) is 34.6 Å². The van der Waals surface area contributed by atoms with Crippen LogP contribution in [0.1, 0.15) is 52.3 Å². The van der Waals surface area contributed by atoms with Gasteiger partial charge in [-0.25, -0.2) is 0 Å². The molecule has 0 spiro atoms. The number of amides is 2. The van der Waals surface area contributed by atoms with Gasteiger partial charge in [0.25, 0.3) is 11.8 Å². The maximum atomic E-state index is 12.9. The summed E-state index contributed by atoms with van der Waals surface area (Å²) in [6.07, 6.45) is 1.86. The molecule has 6 nitrogen and oxygen atoms in total. The van der Waals surface area contributed by atoms with Crippen LogP contribution in [0.15, 0.2) is 29.0 Å². The Bertz CT molecular complexity index is 1260. The van der Waals surface area contributed by atoms with Crippen LogP contribution in [0, 0.1) is 20.8 Å². The van der Waals surface area contributed by atoms with Crippen molar-refractivity contribution in [1.29, 1.82) is 0 Å². The highest BCUT2D eigenvalue weighted by atomic mass is 32.1. The van der Waals surface area contributed by atoms with Gasteiger partial charge >= 0.3 is 0 Å². The summed E-state index contributed by atoms with van der Waals surface area (Å²) in [7, 11) is 0. The Kier molecular flexibility index (Phi) is 7.05. The fourth-order valence-electron chi connectivity index (χ4n) is 4.51. The Morgan fingerprint density at radius 3 is 2.56 bits per heavy atom. The molecule has 1 aliphatic rings. The molecule has 0 unspecified atom stereocenters. The highest BCUT2D eigenvalue weighted by Gasteiger charge is 2.26. The Balaban J connectivity index is 1.61. The molecule has 0 bridgehead atoms. The van der Waals surface area contributed by atoms with Gasteiger partial charge in [0.1, 0.15) is 0 Å². The first-order valence-electron chi connectivity index (χ1n) is 11.7. The second kappa shape index (κ2) is 9.99. The summed E-state index contributed by atoms with van der Waals surface area (Å²) in [6.45, 7) is 13.5. The number of carbonyl (C=O) groups excluding carboxylic acids is 2. The highest BCUT2D eigenvalue weighted by molar-refractivity contribution is 7.08. The zero-order chi connectivity index (χ0) is 24.4. The number of nitrogens with zero attached hydrogens (tertiary/aromatic N) is 1. The van der Waals surface area contributed by atoms with Gasteiger partial charge in [-0.15, -0.1) is 0 Å². The molecule has 2 aromatic heterocycles. The summed E-state index contributed by atoms with van der Waals surface area (Å²) in [5, 5.41) is 10.3. The lowest BCUT2D eigenvalue weighted by Gasteiger charge is -2.18. The van der Waals surface area contributed by atoms with Crippen molar-refractivity contribution in [1.82, 2.24) is 15.2 Å². The molecular formula is C27H32N4O2S. The molecule has 0 fully saturated rings. The molecule has 7 heteroatoms.